The Balaban J connectivity index is 2.08. The maximum Gasteiger partial charge on any atom is 0.329 e. The molecule has 1 aliphatic rings. The van der Waals surface area contributed by atoms with Crippen LogP contribution in [0.1, 0.15) is 54.8 Å². The standard InChI is InChI=1S/C20H25N3O6/c1-11(2)9-15(19(27)29-10-16(24)22-20(28)21-12(3)4)23-17(25)13-7-5-6-8-14(13)18(23)26/h5-8,11-12,15H,9-10H2,1-4H3,(H2,21,22,24,28)/t15-/m1/s1. The fourth-order valence-corrected chi connectivity index (χ4v) is 2.94. The minimum atomic E-state index is -1.17. The van der Waals surface area contributed by atoms with E-state index in [4.69, 9.17) is 4.74 Å². The molecular formula is C20H25N3O6. The van der Waals surface area contributed by atoms with Crippen LogP contribution in [-0.4, -0.2) is 53.3 Å². The molecule has 0 saturated carbocycles. The van der Waals surface area contributed by atoms with Gasteiger partial charge in [0.25, 0.3) is 17.7 Å². The van der Waals surface area contributed by atoms with Crippen LogP contribution in [0.25, 0.3) is 0 Å². The van der Waals surface area contributed by atoms with Crippen molar-refractivity contribution in [1.29, 1.82) is 0 Å². The van der Waals surface area contributed by atoms with E-state index in [1.807, 2.05) is 19.2 Å². The molecule has 0 bridgehead atoms. The van der Waals surface area contributed by atoms with Gasteiger partial charge in [0.15, 0.2) is 6.61 Å². The molecule has 1 aromatic rings. The van der Waals surface area contributed by atoms with Crippen molar-refractivity contribution >= 4 is 29.7 Å². The molecule has 1 aromatic carbocycles. The number of nitrogens with one attached hydrogen (secondary N) is 2. The van der Waals surface area contributed by atoms with E-state index in [-0.39, 0.29) is 29.5 Å². The Labute approximate surface area is 168 Å². The lowest BCUT2D eigenvalue weighted by Crippen LogP contribution is -2.48. The van der Waals surface area contributed by atoms with Gasteiger partial charge in [-0.3, -0.25) is 24.6 Å². The summed E-state index contributed by atoms with van der Waals surface area (Å²) in [5, 5.41) is 4.50. The average Bonchev–Trinajstić information content (AvgIpc) is 2.88. The highest BCUT2D eigenvalue weighted by Gasteiger charge is 2.43. The van der Waals surface area contributed by atoms with Crippen LogP contribution in [-0.2, 0) is 14.3 Å². The van der Waals surface area contributed by atoms with Crippen LogP contribution in [0, 0.1) is 5.92 Å². The maximum absolute atomic E-state index is 12.7. The van der Waals surface area contributed by atoms with Crippen molar-refractivity contribution in [2.75, 3.05) is 6.61 Å². The van der Waals surface area contributed by atoms with Gasteiger partial charge in [0.05, 0.1) is 11.1 Å². The second-order valence-corrected chi connectivity index (χ2v) is 7.46. The number of amides is 5. The molecule has 5 amide bonds. The molecular weight excluding hydrogens is 378 g/mol. The van der Waals surface area contributed by atoms with E-state index < -0.39 is 42.4 Å². The Hall–Kier alpha value is -3.23. The van der Waals surface area contributed by atoms with Gasteiger partial charge in [0.1, 0.15) is 6.04 Å². The number of hydrogen-bond donors (Lipinski definition) is 2. The smallest absolute Gasteiger partial charge is 0.329 e. The van der Waals surface area contributed by atoms with Crippen LogP contribution >= 0.6 is 0 Å². The Kier molecular flexibility index (Phi) is 7.08. The Morgan fingerprint density at radius 3 is 2.03 bits per heavy atom. The largest absolute Gasteiger partial charge is 0.454 e. The van der Waals surface area contributed by atoms with Crippen molar-refractivity contribution in [2.45, 2.75) is 46.2 Å². The molecule has 0 aliphatic carbocycles. The third kappa shape index (κ3) is 5.40. The molecule has 29 heavy (non-hydrogen) atoms. The average molecular weight is 403 g/mol. The predicted octanol–water partition coefficient (Wildman–Crippen LogP) is 1.47. The van der Waals surface area contributed by atoms with Crippen molar-refractivity contribution in [3.63, 3.8) is 0 Å². The molecule has 2 N–H and O–H groups in total. The van der Waals surface area contributed by atoms with Crippen molar-refractivity contribution in [3.8, 4) is 0 Å². The van der Waals surface area contributed by atoms with E-state index in [9.17, 15) is 24.0 Å². The highest BCUT2D eigenvalue weighted by Crippen LogP contribution is 2.27. The fraction of sp³-hybridized carbons (Fsp3) is 0.450. The highest BCUT2D eigenvalue weighted by atomic mass is 16.5. The van der Waals surface area contributed by atoms with Gasteiger partial charge in [-0.05, 0) is 38.3 Å². The summed E-state index contributed by atoms with van der Waals surface area (Å²) in [5.74, 6) is -2.87. The summed E-state index contributed by atoms with van der Waals surface area (Å²) in [4.78, 5) is 62.2. The zero-order valence-corrected chi connectivity index (χ0v) is 16.9. The molecule has 1 heterocycles. The Morgan fingerprint density at radius 1 is 1.00 bits per heavy atom. The fourth-order valence-electron chi connectivity index (χ4n) is 2.94. The van der Waals surface area contributed by atoms with Gasteiger partial charge in [-0.25, -0.2) is 9.59 Å². The minimum absolute atomic E-state index is 0.0255. The van der Waals surface area contributed by atoms with Gasteiger partial charge >= 0.3 is 12.0 Å². The minimum Gasteiger partial charge on any atom is -0.454 e. The lowest BCUT2D eigenvalue weighted by molar-refractivity contribution is -0.152. The quantitative estimate of drug-likeness (QED) is 0.525. The number of rotatable bonds is 7. The molecule has 0 radical (unpaired) electrons. The van der Waals surface area contributed by atoms with Crippen LogP contribution in [0.5, 0.6) is 0 Å². The number of hydrogen-bond acceptors (Lipinski definition) is 6. The summed E-state index contributed by atoms with van der Waals surface area (Å²) >= 11 is 0. The van der Waals surface area contributed by atoms with Gasteiger partial charge in [-0.1, -0.05) is 26.0 Å². The Morgan fingerprint density at radius 2 is 1.55 bits per heavy atom. The molecule has 0 unspecified atom stereocenters. The number of imide groups is 2. The molecule has 0 spiro atoms. The number of fused-ring (bicyclic) bond motifs is 1. The number of carbonyl (C=O) groups excluding carboxylic acids is 5. The second kappa shape index (κ2) is 9.31. The first-order valence-electron chi connectivity index (χ1n) is 9.35. The van der Waals surface area contributed by atoms with Crippen molar-refractivity contribution < 1.29 is 28.7 Å². The highest BCUT2D eigenvalue weighted by molar-refractivity contribution is 6.22. The topological polar surface area (TPSA) is 122 Å². The van der Waals surface area contributed by atoms with E-state index in [1.54, 1.807) is 26.0 Å². The Bertz CT molecular complexity index is 798. The first-order chi connectivity index (χ1) is 13.6. The summed E-state index contributed by atoms with van der Waals surface area (Å²) in [5.41, 5.74) is 0.448. The molecule has 156 valence electrons. The third-order valence-electron chi connectivity index (χ3n) is 4.12. The van der Waals surface area contributed by atoms with Gasteiger partial charge < -0.3 is 10.1 Å². The van der Waals surface area contributed by atoms with E-state index in [0.717, 1.165) is 4.90 Å². The number of benzene rings is 1. The maximum atomic E-state index is 12.7. The number of ether oxygens (including phenoxy) is 1. The lowest BCUT2D eigenvalue weighted by Gasteiger charge is -2.25. The summed E-state index contributed by atoms with van der Waals surface area (Å²) in [7, 11) is 0. The molecule has 2 rings (SSSR count). The van der Waals surface area contributed by atoms with E-state index in [0.29, 0.717) is 0 Å². The van der Waals surface area contributed by atoms with Gasteiger partial charge in [0, 0.05) is 6.04 Å². The molecule has 0 aromatic heterocycles. The first kappa shape index (κ1) is 22.1. The number of urea groups is 1. The zero-order chi connectivity index (χ0) is 21.7. The molecule has 1 aliphatic heterocycles. The summed E-state index contributed by atoms with van der Waals surface area (Å²) in [6, 6.07) is 4.27. The molecule has 0 saturated heterocycles. The normalized spacial score (nSPS) is 14.1. The zero-order valence-electron chi connectivity index (χ0n) is 16.9. The summed E-state index contributed by atoms with van der Waals surface area (Å²) in [6.07, 6.45) is 0.180. The lowest BCUT2D eigenvalue weighted by atomic mass is 10.0. The van der Waals surface area contributed by atoms with Crippen molar-refractivity contribution in [1.82, 2.24) is 15.5 Å². The van der Waals surface area contributed by atoms with Crippen LogP contribution in [0.4, 0.5) is 4.79 Å². The monoisotopic (exact) mass is 403 g/mol. The number of carbonyl (C=O) groups is 5. The van der Waals surface area contributed by atoms with Crippen LogP contribution in [0.3, 0.4) is 0 Å². The molecule has 9 nitrogen and oxygen atoms in total. The van der Waals surface area contributed by atoms with E-state index in [2.05, 4.69) is 5.32 Å². The van der Waals surface area contributed by atoms with Crippen LogP contribution in [0.15, 0.2) is 24.3 Å². The predicted molar refractivity (Wildman–Crippen MR) is 103 cm³/mol. The molecule has 1 atom stereocenters. The summed E-state index contributed by atoms with van der Waals surface area (Å²) < 4.78 is 5.00. The van der Waals surface area contributed by atoms with Crippen molar-refractivity contribution in [3.05, 3.63) is 35.4 Å². The number of nitrogens with zero attached hydrogens (tertiary/aromatic N) is 1. The van der Waals surface area contributed by atoms with Crippen LogP contribution < -0.4 is 10.6 Å². The molecule has 9 heteroatoms. The van der Waals surface area contributed by atoms with Crippen molar-refractivity contribution in [2.24, 2.45) is 5.92 Å². The summed E-state index contributed by atoms with van der Waals surface area (Å²) in [6.45, 7) is 6.41. The van der Waals surface area contributed by atoms with E-state index in [1.165, 1.54) is 12.1 Å². The SMILES string of the molecule is CC(C)C[C@H](C(=O)OCC(=O)NC(=O)NC(C)C)N1C(=O)c2ccccc2C1=O. The number of esters is 1. The van der Waals surface area contributed by atoms with Gasteiger partial charge in [-0.15, -0.1) is 0 Å². The first-order valence-corrected chi connectivity index (χ1v) is 9.35. The van der Waals surface area contributed by atoms with Gasteiger partial charge in [0.2, 0.25) is 0 Å². The second-order valence-electron chi connectivity index (χ2n) is 7.46. The van der Waals surface area contributed by atoms with Gasteiger partial charge in [-0.2, -0.15) is 0 Å². The van der Waals surface area contributed by atoms with E-state index >= 15 is 0 Å². The third-order valence-corrected chi connectivity index (χ3v) is 4.12. The van der Waals surface area contributed by atoms with Crippen LogP contribution in [0.2, 0.25) is 0 Å². The molecule has 0 fully saturated rings.